The molecule has 2 amide bonds. The number of ether oxygens (including phenoxy) is 3. The first-order chi connectivity index (χ1) is 15.5. The van der Waals surface area contributed by atoms with Crippen LogP contribution in [0.5, 0.6) is 17.2 Å². The van der Waals surface area contributed by atoms with Gasteiger partial charge in [0.25, 0.3) is 11.8 Å². The quantitative estimate of drug-likeness (QED) is 0.594. The van der Waals surface area contributed by atoms with Gasteiger partial charge in [-0.15, -0.1) is 0 Å². The van der Waals surface area contributed by atoms with E-state index in [1.165, 1.54) is 14.2 Å². The van der Waals surface area contributed by atoms with Crippen LogP contribution in [-0.2, 0) is 11.3 Å². The van der Waals surface area contributed by atoms with E-state index >= 15 is 0 Å². The predicted octanol–water partition coefficient (Wildman–Crippen LogP) is 4.54. The van der Waals surface area contributed by atoms with E-state index in [4.69, 9.17) is 25.8 Å². The number of methoxy groups -OCH3 is 2. The van der Waals surface area contributed by atoms with E-state index in [0.717, 1.165) is 5.56 Å². The molecule has 1 heterocycles. The Morgan fingerprint density at radius 3 is 2.50 bits per heavy atom. The zero-order valence-corrected chi connectivity index (χ0v) is 18.3. The fourth-order valence-corrected chi connectivity index (χ4v) is 3.53. The molecule has 0 aromatic heterocycles. The number of fused-ring (bicyclic) bond motifs is 1. The van der Waals surface area contributed by atoms with Crippen molar-refractivity contribution in [2.24, 2.45) is 0 Å². The SMILES string of the molecule is COc1ccc(C(=O)Nc2ccc3c(c2)N(Cc2ccc(Cl)cc2)C(=O)CO3)cc1OC. The van der Waals surface area contributed by atoms with Crippen molar-refractivity contribution in [3.8, 4) is 17.2 Å². The summed E-state index contributed by atoms with van der Waals surface area (Å²) in [6.07, 6.45) is 0. The van der Waals surface area contributed by atoms with Crippen LogP contribution >= 0.6 is 11.6 Å². The first-order valence-electron chi connectivity index (χ1n) is 9.83. The van der Waals surface area contributed by atoms with Crippen molar-refractivity contribution in [1.82, 2.24) is 0 Å². The van der Waals surface area contributed by atoms with Gasteiger partial charge >= 0.3 is 0 Å². The average molecular weight is 453 g/mol. The molecule has 1 aliphatic rings. The lowest BCUT2D eigenvalue weighted by atomic mass is 10.1. The third-order valence-corrected chi connectivity index (χ3v) is 5.31. The van der Waals surface area contributed by atoms with Gasteiger partial charge in [0.1, 0.15) is 5.75 Å². The molecular weight excluding hydrogens is 432 g/mol. The Bertz CT molecular complexity index is 1160. The highest BCUT2D eigenvalue weighted by Crippen LogP contribution is 2.36. The molecular formula is C24H21ClN2O5. The summed E-state index contributed by atoms with van der Waals surface area (Å²) in [4.78, 5) is 27.0. The van der Waals surface area contributed by atoms with Crippen LogP contribution in [0.15, 0.2) is 60.7 Å². The maximum Gasteiger partial charge on any atom is 0.265 e. The molecule has 0 saturated heterocycles. The summed E-state index contributed by atoms with van der Waals surface area (Å²) in [5.41, 5.74) is 2.45. The van der Waals surface area contributed by atoms with E-state index in [1.807, 2.05) is 12.1 Å². The minimum absolute atomic E-state index is 0.0437. The molecule has 3 aromatic carbocycles. The van der Waals surface area contributed by atoms with Crippen molar-refractivity contribution in [2.75, 3.05) is 31.0 Å². The molecule has 0 radical (unpaired) electrons. The van der Waals surface area contributed by atoms with Gasteiger partial charge in [0, 0.05) is 16.3 Å². The summed E-state index contributed by atoms with van der Waals surface area (Å²) in [5, 5.41) is 3.48. The normalized spacial score (nSPS) is 12.6. The standard InChI is InChI=1S/C24H21ClN2O5/c1-30-21-9-5-16(11-22(21)31-2)24(29)26-18-8-10-20-19(12-18)27(23(28)14-32-20)13-15-3-6-17(25)7-4-15/h3-12H,13-14H2,1-2H3,(H,26,29). The molecule has 0 bridgehead atoms. The average Bonchev–Trinajstić information content (AvgIpc) is 2.81. The zero-order valence-electron chi connectivity index (χ0n) is 17.6. The second-order valence-electron chi connectivity index (χ2n) is 7.10. The molecule has 4 rings (SSSR count). The molecule has 3 aromatic rings. The summed E-state index contributed by atoms with van der Waals surface area (Å²) in [5.74, 6) is 1.07. The monoisotopic (exact) mass is 452 g/mol. The van der Waals surface area contributed by atoms with Gasteiger partial charge in [-0.1, -0.05) is 23.7 Å². The Morgan fingerprint density at radius 1 is 1.03 bits per heavy atom. The largest absolute Gasteiger partial charge is 0.493 e. The van der Waals surface area contributed by atoms with Crippen LogP contribution in [0.4, 0.5) is 11.4 Å². The van der Waals surface area contributed by atoms with Crippen LogP contribution < -0.4 is 24.4 Å². The van der Waals surface area contributed by atoms with Crippen molar-refractivity contribution in [2.45, 2.75) is 6.54 Å². The lowest BCUT2D eigenvalue weighted by Crippen LogP contribution is -2.38. The van der Waals surface area contributed by atoms with Gasteiger partial charge in [-0.3, -0.25) is 9.59 Å². The Hall–Kier alpha value is -3.71. The van der Waals surface area contributed by atoms with Crippen LogP contribution in [0.3, 0.4) is 0 Å². The molecule has 0 spiro atoms. The van der Waals surface area contributed by atoms with Crippen LogP contribution in [0, 0.1) is 0 Å². The van der Waals surface area contributed by atoms with Crippen molar-refractivity contribution in [3.63, 3.8) is 0 Å². The fourth-order valence-electron chi connectivity index (χ4n) is 3.41. The van der Waals surface area contributed by atoms with Crippen LogP contribution in [0.2, 0.25) is 5.02 Å². The van der Waals surface area contributed by atoms with E-state index in [9.17, 15) is 9.59 Å². The number of hydrogen-bond acceptors (Lipinski definition) is 5. The number of anilines is 2. The number of carbonyl (C=O) groups excluding carboxylic acids is 2. The maximum absolute atomic E-state index is 12.8. The van der Waals surface area contributed by atoms with E-state index in [-0.39, 0.29) is 18.4 Å². The number of carbonyl (C=O) groups is 2. The van der Waals surface area contributed by atoms with Crippen LogP contribution in [0.1, 0.15) is 15.9 Å². The number of hydrogen-bond donors (Lipinski definition) is 1. The molecule has 0 saturated carbocycles. The summed E-state index contributed by atoms with van der Waals surface area (Å²) >= 11 is 5.96. The number of halogens is 1. The van der Waals surface area contributed by atoms with Crippen molar-refractivity contribution in [1.29, 1.82) is 0 Å². The lowest BCUT2D eigenvalue weighted by molar-refractivity contribution is -0.121. The van der Waals surface area contributed by atoms with E-state index in [1.54, 1.807) is 53.4 Å². The van der Waals surface area contributed by atoms with Gasteiger partial charge in [-0.25, -0.2) is 0 Å². The number of nitrogens with one attached hydrogen (secondary N) is 1. The van der Waals surface area contributed by atoms with Gasteiger partial charge in [-0.05, 0) is 54.1 Å². The molecule has 164 valence electrons. The first kappa shape index (κ1) is 21.5. The van der Waals surface area contributed by atoms with Gasteiger partial charge in [0.05, 0.1) is 26.5 Å². The van der Waals surface area contributed by atoms with Gasteiger partial charge < -0.3 is 24.4 Å². The van der Waals surface area contributed by atoms with Crippen molar-refractivity contribution >= 4 is 34.8 Å². The summed E-state index contributed by atoms with van der Waals surface area (Å²) < 4.78 is 16.0. The Balaban J connectivity index is 1.58. The lowest BCUT2D eigenvalue weighted by Gasteiger charge is -2.30. The Morgan fingerprint density at radius 2 is 1.78 bits per heavy atom. The highest BCUT2D eigenvalue weighted by molar-refractivity contribution is 6.30. The molecule has 8 heteroatoms. The zero-order chi connectivity index (χ0) is 22.7. The third kappa shape index (κ3) is 4.48. The first-order valence-corrected chi connectivity index (χ1v) is 10.2. The summed E-state index contributed by atoms with van der Waals surface area (Å²) in [6, 6.07) is 17.4. The Labute approximate surface area is 190 Å². The van der Waals surface area contributed by atoms with Crippen LogP contribution in [-0.4, -0.2) is 32.6 Å². The summed E-state index contributed by atoms with van der Waals surface area (Å²) in [7, 11) is 3.04. The minimum Gasteiger partial charge on any atom is -0.493 e. The fraction of sp³-hybridized carbons (Fsp3) is 0.167. The van der Waals surface area contributed by atoms with Gasteiger partial charge in [-0.2, -0.15) is 0 Å². The van der Waals surface area contributed by atoms with Gasteiger partial charge in [0.2, 0.25) is 0 Å². The molecule has 1 N–H and O–H groups in total. The number of rotatable bonds is 6. The van der Waals surface area contributed by atoms with E-state index in [0.29, 0.717) is 45.8 Å². The number of benzene rings is 3. The maximum atomic E-state index is 12.8. The Kier molecular flexibility index (Phi) is 6.18. The number of nitrogens with zero attached hydrogens (tertiary/aromatic N) is 1. The van der Waals surface area contributed by atoms with Crippen molar-refractivity contribution in [3.05, 3.63) is 76.8 Å². The van der Waals surface area contributed by atoms with Gasteiger partial charge in [0.15, 0.2) is 18.1 Å². The summed E-state index contributed by atoms with van der Waals surface area (Å²) in [6.45, 7) is 0.317. The highest BCUT2D eigenvalue weighted by atomic mass is 35.5. The smallest absolute Gasteiger partial charge is 0.265 e. The molecule has 7 nitrogen and oxygen atoms in total. The highest BCUT2D eigenvalue weighted by Gasteiger charge is 2.26. The second-order valence-corrected chi connectivity index (χ2v) is 7.54. The van der Waals surface area contributed by atoms with E-state index in [2.05, 4.69) is 5.32 Å². The third-order valence-electron chi connectivity index (χ3n) is 5.06. The predicted molar refractivity (Wildman–Crippen MR) is 122 cm³/mol. The molecule has 0 atom stereocenters. The van der Waals surface area contributed by atoms with Crippen LogP contribution in [0.25, 0.3) is 0 Å². The molecule has 0 aliphatic carbocycles. The molecule has 0 unspecified atom stereocenters. The topological polar surface area (TPSA) is 77.1 Å². The van der Waals surface area contributed by atoms with Crippen molar-refractivity contribution < 1.29 is 23.8 Å². The number of amides is 2. The van der Waals surface area contributed by atoms with E-state index < -0.39 is 0 Å². The molecule has 0 fully saturated rings. The second kappa shape index (κ2) is 9.20. The minimum atomic E-state index is -0.321. The molecule has 32 heavy (non-hydrogen) atoms. The molecule has 1 aliphatic heterocycles.